The average molecular weight is 253 g/mol. The number of carbonyl (C=O) groups is 1. The molecule has 4 nitrogen and oxygen atoms in total. The quantitative estimate of drug-likeness (QED) is 0.795. The van der Waals surface area contributed by atoms with Crippen molar-refractivity contribution in [2.24, 2.45) is 5.92 Å². The van der Waals surface area contributed by atoms with Crippen LogP contribution in [0, 0.1) is 5.92 Å². The molecule has 2 saturated heterocycles. The van der Waals surface area contributed by atoms with Crippen LogP contribution in [0.2, 0.25) is 0 Å². The summed E-state index contributed by atoms with van der Waals surface area (Å²) in [5.41, 5.74) is 0. The van der Waals surface area contributed by atoms with Gasteiger partial charge in [0.15, 0.2) is 0 Å². The fourth-order valence-electron chi connectivity index (χ4n) is 3.36. The highest BCUT2D eigenvalue weighted by Crippen LogP contribution is 2.22. The van der Waals surface area contributed by atoms with Crippen LogP contribution in [0.5, 0.6) is 0 Å². The number of hydrogen-bond donors (Lipinski definition) is 1. The van der Waals surface area contributed by atoms with E-state index in [0.717, 1.165) is 19.5 Å². The lowest BCUT2D eigenvalue weighted by Gasteiger charge is -2.31. The van der Waals surface area contributed by atoms with Crippen molar-refractivity contribution in [1.82, 2.24) is 15.1 Å². The van der Waals surface area contributed by atoms with Gasteiger partial charge in [-0.25, -0.2) is 0 Å². The largest absolute Gasteiger partial charge is 0.339 e. The molecule has 4 unspecified atom stereocenters. The summed E-state index contributed by atoms with van der Waals surface area (Å²) in [7, 11) is 4.21. The van der Waals surface area contributed by atoms with E-state index >= 15 is 0 Å². The molecule has 0 aromatic carbocycles. The zero-order valence-electron chi connectivity index (χ0n) is 12.1. The van der Waals surface area contributed by atoms with Gasteiger partial charge in [0.1, 0.15) is 0 Å². The third-order valence-electron chi connectivity index (χ3n) is 4.46. The van der Waals surface area contributed by atoms with Crippen molar-refractivity contribution in [2.45, 2.75) is 51.2 Å². The fraction of sp³-hybridized carbons (Fsp3) is 0.929. The Morgan fingerprint density at radius 2 is 1.94 bits per heavy atom. The summed E-state index contributed by atoms with van der Waals surface area (Å²) in [6.45, 7) is 6.22. The molecule has 0 radical (unpaired) electrons. The van der Waals surface area contributed by atoms with Gasteiger partial charge in [0, 0.05) is 25.2 Å². The summed E-state index contributed by atoms with van der Waals surface area (Å²) in [6, 6.07) is 1.05. The lowest BCUT2D eigenvalue weighted by molar-refractivity contribution is -0.133. The molecule has 104 valence electrons. The molecule has 4 atom stereocenters. The Bertz CT molecular complexity index is 305. The molecule has 0 aromatic rings. The van der Waals surface area contributed by atoms with E-state index in [4.69, 9.17) is 0 Å². The minimum atomic E-state index is 0.0573. The molecular weight excluding hydrogens is 226 g/mol. The summed E-state index contributed by atoms with van der Waals surface area (Å²) < 4.78 is 0. The number of likely N-dealkylation sites (N-methyl/N-ethyl adjacent to an activating group) is 1. The first-order valence-corrected chi connectivity index (χ1v) is 7.20. The SMILES string of the molecule is CC1CCCC(C(=O)N2CC(C)C(N(C)C)C2)N1. The van der Waals surface area contributed by atoms with Crippen molar-refractivity contribution in [2.75, 3.05) is 27.2 Å². The lowest BCUT2D eigenvalue weighted by atomic mass is 9.99. The highest BCUT2D eigenvalue weighted by atomic mass is 16.2. The van der Waals surface area contributed by atoms with Crippen LogP contribution < -0.4 is 5.32 Å². The van der Waals surface area contributed by atoms with Crippen molar-refractivity contribution in [1.29, 1.82) is 0 Å². The maximum Gasteiger partial charge on any atom is 0.239 e. The van der Waals surface area contributed by atoms with Crippen molar-refractivity contribution < 1.29 is 4.79 Å². The second kappa shape index (κ2) is 5.57. The van der Waals surface area contributed by atoms with E-state index in [1.807, 2.05) is 0 Å². The minimum Gasteiger partial charge on any atom is -0.339 e. The van der Waals surface area contributed by atoms with Crippen LogP contribution in [-0.2, 0) is 4.79 Å². The van der Waals surface area contributed by atoms with Gasteiger partial charge in [0.25, 0.3) is 0 Å². The molecule has 1 N–H and O–H groups in total. The maximum atomic E-state index is 12.5. The van der Waals surface area contributed by atoms with Crippen LogP contribution in [0.25, 0.3) is 0 Å². The normalized spacial score (nSPS) is 37.3. The molecule has 2 aliphatic heterocycles. The number of nitrogens with zero attached hydrogens (tertiary/aromatic N) is 2. The summed E-state index contributed by atoms with van der Waals surface area (Å²) in [5.74, 6) is 0.891. The maximum absolute atomic E-state index is 12.5. The molecule has 2 aliphatic rings. The zero-order chi connectivity index (χ0) is 13.3. The number of piperidine rings is 1. The molecule has 0 aromatic heterocycles. The highest BCUT2D eigenvalue weighted by Gasteiger charge is 2.36. The van der Waals surface area contributed by atoms with Crippen molar-refractivity contribution in [3.05, 3.63) is 0 Å². The average Bonchev–Trinajstić information content (AvgIpc) is 2.70. The van der Waals surface area contributed by atoms with E-state index in [-0.39, 0.29) is 6.04 Å². The van der Waals surface area contributed by atoms with E-state index in [1.54, 1.807) is 0 Å². The second-order valence-electron chi connectivity index (χ2n) is 6.30. The lowest BCUT2D eigenvalue weighted by Crippen LogP contribution is -2.51. The van der Waals surface area contributed by atoms with E-state index in [2.05, 4.69) is 43.1 Å². The number of likely N-dealkylation sites (tertiary alicyclic amines) is 1. The van der Waals surface area contributed by atoms with Gasteiger partial charge >= 0.3 is 0 Å². The Labute approximate surface area is 111 Å². The first-order valence-electron chi connectivity index (χ1n) is 7.20. The number of nitrogens with one attached hydrogen (secondary N) is 1. The Kier molecular flexibility index (Phi) is 4.28. The van der Waals surface area contributed by atoms with Crippen molar-refractivity contribution in [3.63, 3.8) is 0 Å². The summed E-state index contributed by atoms with van der Waals surface area (Å²) in [4.78, 5) is 16.8. The Morgan fingerprint density at radius 1 is 1.22 bits per heavy atom. The zero-order valence-corrected chi connectivity index (χ0v) is 12.1. The van der Waals surface area contributed by atoms with Crippen LogP contribution in [-0.4, -0.2) is 61.0 Å². The van der Waals surface area contributed by atoms with Gasteiger partial charge < -0.3 is 15.1 Å². The van der Waals surface area contributed by atoms with E-state index in [0.29, 0.717) is 23.9 Å². The Balaban J connectivity index is 1.94. The van der Waals surface area contributed by atoms with Gasteiger partial charge in [0.05, 0.1) is 6.04 Å². The smallest absolute Gasteiger partial charge is 0.239 e. The molecule has 4 heteroatoms. The molecule has 2 heterocycles. The molecule has 18 heavy (non-hydrogen) atoms. The van der Waals surface area contributed by atoms with Gasteiger partial charge in [-0.15, -0.1) is 0 Å². The monoisotopic (exact) mass is 253 g/mol. The number of carbonyl (C=O) groups excluding carboxylic acids is 1. The molecule has 0 saturated carbocycles. The Hall–Kier alpha value is -0.610. The number of hydrogen-bond acceptors (Lipinski definition) is 3. The first-order chi connectivity index (χ1) is 8.49. The molecule has 0 aliphatic carbocycles. The summed E-state index contributed by atoms with van der Waals surface area (Å²) in [6.07, 6.45) is 3.37. The number of rotatable bonds is 2. The summed E-state index contributed by atoms with van der Waals surface area (Å²) >= 11 is 0. The predicted octanol–water partition coefficient (Wildman–Crippen LogP) is 0.926. The summed E-state index contributed by atoms with van der Waals surface area (Å²) in [5, 5.41) is 3.45. The second-order valence-corrected chi connectivity index (χ2v) is 6.30. The van der Waals surface area contributed by atoms with Crippen LogP contribution in [0.15, 0.2) is 0 Å². The molecular formula is C14H27N3O. The molecule has 0 bridgehead atoms. The standard InChI is InChI=1S/C14H27N3O/c1-10-8-17(9-13(10)16(3)4)14(18)12-7-5-6-11(2)15-12/h10-13,15H,5-9H2,1-4H3. The third kappa shape index (κ3) is 2.86. The topological polar surface area (TPSA) is 35.6 Å². The van der Waals surface area contributed by atoms with Gasteiger partial charge in [-0.1, -0.05) is 6.92 Å². The molecule has 2 rings (SSSR count). The predicted molar refractivity (Wildman–Crippen MR) is 73.5 cm³/mol. The van der Waals surface area contributed by atoms with Crippen LogP contribution in [0.1, 0.15) is 33.1 Å². The van der Waals surface area contributed by atoms with Gasteiger partial charge in [0.2, 0.25) is 5.91 Å². The van der Waals surface area contributed by atoms with E-state index < -0.39 is 0 Å². The van der Waals surface area contributed by atoms with Gasteiger partial charge in [-0.2, -0.15) is 0 Å². The first kappa shape index (κ1) is 13.8. The van der Waals surface area contributed by atoms with Crippen LogP contribution >= 0.6 is 0 Å². The molecule has 2 fully saturated rings. The van der Waals surface area contributed by atoms with Crippen molar-refractivity contribution in [3.8, 4) is 0 Å². The highest BCUT2D eigenvalue weighted by molar-refractivity contribution is 5.82. The van der Waals surface area contributed by atoms with Gasteiger partial charge in [-0.05, 0) is 46.2 Å². The van der Waals surface area contributed by atoms with Gasteiger partial charge in [-0.3, -0.25) is 4.79 Å². The fourth-order valence-corrected chi connectivity index (χ4v) is 3.36. The third-order valence-corrected chi connectivity index (χ3v) is 4.46. The molecule has 0 spiro atoms. The van der Waals surface area contributed by atoms with Crippen LogP contribution in [0.3, 0.4) is 0 Å². The Morgan fingerprint density at radius 3 is 2.50 bits per heavy atom. The molecule has 1 amide bonds. The van der Waals surface area contributed by atoms with Crippen LogP contribution in [0.4, 0.5) is 0 Å². The minimum absolute atomic E-state index is 0.0573. The van der Waals surface area contributed by atoms with E-state index in [1.165, 1.54) is 12.8 Å². The van der Waals surface area contributed by atoms with Crippen molar-refractivity contribution >= 4 is 5.91 Å². The van der Waals surface area contributed by atoms with E-state index in [9.17, 15) is 4.79 Å². The number of amides is 1.